The van der Waals surface area contributed by atoms with Crippen LogP contribution in [0.15, 0.2) is 23.1 Å². The van der Waals surface area contributed by atoms with Crippen LogP contribution in [0, 0.1) is 0 Å². The van der Waals surface area contributed by atoms with Crippen LogP contribution in [0.4, 0.5) is 0 Å². The first kappa shape index (κ1) is 12.2. The van der Waals surface area contributed by atoms with Gasteiger partial charge in [-0.1, -0.05) is 5.16 Å². The Morgan fingerprint density at radius 1 is 1.26 bits per heavy atom. The highest BCUT2D eigenvalue weighted by molar-refractivity contribution is 5.46. The summed E-state index contributed by atoms with van der Waals surface area (Å²) in [5.74, 6) is 1.67. The van der Waals surface area contributed by atoms with Gasteiger partial charge < -0.3 is 9.84 Å². The highest BCUT2D eigenvalue weighted by Crippen LogP contribution is 2.32. The minimum Gasteiger partial charge on any atom is -0.339 e. The third kappa shape index (κ3) is 2.63. The van der Waals surface area contributed by atoms with E-state index in [1.807, 2.05) is 7.05 Å². The van der Waals surface area contributed by atoms with E-state index in [1.165, 1.54) is 6.33 Å². The minimum atomic E-state index is 0.382. The zero-order chi connectivity index (χ0) is 13.1. The van der Waals surface area contributed by atoms with E-state index in [0.717, 1.165) is 31.6 Å². The van der Waals surface area contributed by atoms with Gasteiger partial charge in [-0.25, -0.2) is 9.97 Å². The molecule has 1 aliphatic carbocycles. The summed E-state index contributed by atoms with van der Waals surface area (Å²) in [5.41, 5.74) is 0.703. The molecule has 2 aromatic rings. The minimum absolute atomic E-state index is 0.382. The van der Waals surface area contributed by atoms with Crippen molar-refractivity contribution in [2.75, 3.05) is 7.05 Å². The van der Waals surface area contributed by atoms with Crippen molar-refractivity contribution in [2.45, 2.75) is 37.6 Å². The summed E-state index contributed by atoms with van der Waals surface area (Å²) in [7, 11) is 2.02. The summed E-state index contributed by atoms with van der Waals surface area (Å²) in [4.78, 5) is 12.5. The summed E-state index contributed by atoms with van der Waals surface area (Å²) in [6.07, 6.45) is 7.67. The van der Waals surface area contributed by atoms with Crippen LogP contribution in [0.25, 0.3) is 11.5 Å². The molecule has 2 heterocycles. The fraction of sp³-hybridized carbons (Fsp3) is 0.538. The van der Waals surface area contributed by atoms with E-state index in [0.29, 0.717) is 23.5 Å². The monoisotopic (exact) mass is 259 g/mol. The first-order valence-electron chi connectivity index (χ1n) is 6.64. The molecule has 0 spiro atoms. The van der Waals surface area contributed by atoms with Crippen LogP contribution in [-0.2, 0) is 0 Å². The molecule has 1 saturated carbocycles. The van der Waals surface area contributed by atoms with E-state index in [2.05, 4.69) is 25.4 Å². The largest absolute Gasteiger partial charge is 0.339 e. The van der Waals surface area contributed by atoms with Crippen molar-refractivity contribution >= 4 is 0 Å². The second-order valence-corrected chi connectivity index (χ2v) is 4.89. The maximum atomic E-state index is 5.39. The first-order valence-corrected chi connectivity index (χ1v) is 6.64. The summed E-state index contributed by atoms with van der Waals surface area (Å²) in [5, 5.41) is 7.33. The van der Waals surface area contributed by atoms with E-state index in [4.69, 9.17) is 4.52 Å². The maximum absolute atomic E-state index is 5.39. The van der Waals surface area contributed by atoms with Crippen molar-refractivity contribution in [3.05, 3.63) is 24.5 Å². The molecule has 0 aliphatic heterocycles. The second-order valence-electron chi connectivity index (χ2n) is 4.89. The van der Waals surface area contributed by atoms with E-state index in [1.54, 1.807) is 12.3 Å². The van der Waals surface area contributed by atoms with Crippen molar-refractivity contribution < 1.29 is 4.52 Å². The Kier molecular flexibility index (Phi) is 3.50. The lowest BCUT2D eigenvalue weighted by Crippen LogP contribution is -2.29. The summed E-state index contributed by atoms with van der Waals surface area (Å²) in [6.45, 7) is 0. The molecule has 0 atom stereocenters. The molecule has 0 unspecified atom stereocenters. The Morgan fingerprint density at radius 2 is 2.11 bits per heavy atom. The number of nitrogens with one attached hydrogen (secondary N) is 1. The molecule has 6 nitrogen and oxygen atoms in total. The lowest BCUT2D eigenvalue weighted by molar-refractivity contribution is 0.288. The molecule has 3 rings (SSSR count). The smallest absolute Gasteiger partial charge is 0.230 e. The Balaban J connectivity index is 1.72. The van der Waals surface area contributed by atoms with Gasteiger partial charge in [-0.05, 0) is 38.8 Å². The average molecular weight is 259 g/mol. The zero-order valence-electron chi connectivity index (χ0n) is 10.9. The molecule has 1 aliphatic rings. The third-order valence-corrected chi connectivity index (χ3v) is 3.74. The Hall–Kier alpha value is -1.82. The molecule has 0 bridgehead atoms. The lowest BCUT2D eigenvalue weighted by atomic mass is 9.86. The van der Waals surface area contributed by atoms with Crippen molar-refractivity contribution in [3.8, 4) is 11.5 Å². The second kappa shape index (κ2) is 5.44. The number of aromatic nitrogens is 4. The van der Waals surface area contributed by atoms with Gasteiger partial charge in [0.1, 0.15) is 12.0 Å². The molecule has 0 amide bonds. The molecule has 19 heavy (non-hydrogen) atoms. The highest BCUT2D eigenvalue weighted by atomic mass is 16.5. The quantitative estimate of drug-likeness (QED) is 0.905. The van der Waals surface area contributed by atoms with Gasteiger partial charge in [-0.15, -0.1) is 0 Å². The highest BCUT2D eigenvalue weighted by Gasteiger charge is 2.26. The van der Waals surface area contributed by atoms with Gasteiger partial charge in [0.15, 0.2) is 0 Å². The lowest BCUT2D eigenvalue weighted by Gasteiger charge is -2.25. The standard InChI is InChI=1S/C13H17N5O/c1-14-10-4-2-9(3-5-10)13-17-12(18-19-13)11-6-7-15-8-16-11/h6-10,14H,2-5H2,1H3. The van der Waals surface area contributed by atoms with Gasteiger partial charge in [0, 0.05) is 18.2 Å². The summed E-state index contributed by atoms with van der Waals surface area (Å²) < 4.78 is 5.39. The van der Waals surface area contributed by atoms with E-state index >= 15 is 0 Å². The predicted octanol–water partition coefficient (Wildman–Crippen LogP) is 1.77. The van der Waals surface area contributed by atoms with Gasteiger partial charge in [0.25, 0.3) is 0 Å². The van der Waals surface area contributed by atoms with Crippen LogP contribution in [-0.4, -0.2) is 33.2 Å². The molecule has 100 valence electrons. The average Bonchev–Trinajstić information content (AvgIpc) is 2.98. The Labute approximate surface area is 111 Å². The van der Waals surface area contributed by atoms with Crippen molar-refractivity contribution in [1.82, 2.24) is 25.4 Å². The number of hydrogen-bond donors (Lipinski definition) is 1. The summed E-state index contributed by atoms with van der Waals surface area (Å²) in [6, 6.07) is 2.41. The van der Waals surface area contributed by atoms with Crippen LogP contribution in [0.3, 0.4) is 0 Å². The predicted molar refractivity (Wildman–Crippen MR) is 69.4 cm³/mol. The van der Waals surface area contributed by atoms with Crippen LogP contribution in [0.5, 0.6) is 0 Å². The zero-order valence-corrected chi connectivity index (χ0v) is 10.9. The molecule has 0 radical (unpaired) electrons. The number of rotatable bonds is 3. The maximum Gasteiger partial charge on any atom is 0.230 e. The van der Waals surface area contributed by atoms with Gasteiger partial charge in [-0.2, -0.15) is 4.98 Å². The van der Waals surface area contributed by atoms with E-state index in [9.17, 15) is 0 Å². The Morgan fingerprint density at radius 3 is 2.79 bits per heavy atom. The van der Waals surface area contributed by atoms with Gasteiger partial charge in [0.2, 0.25) is 11.7 Å². The van der Waals surface area contributed by atoms with Crippen molar-refractivity contribution in [2.24, 2.45) is 0 Å². The molecular weight excluding hydrogens is 242 g/mol. The Bertz CT molecular complexity index is 519. The fourth-order valence-electron chi connectivity index (χ4n) is 2.56. The summed E-state index contributed by atoms with van der Waals surface area (Å²) >= 11 is 0. The van der Waals surface area contributed by atoms with Crippen molar-refractivity contribution in [3.63, 3.8) is 0 Å². The van der Waals surface area contributed by atoms with Gasteiger partial charge in [-0.3, -0.25) is 0 Å². The molecule has 0 saturated heterocycles. The molecular formula is C13H17N5O. The number of hydrogen-bond acceptors (Lipinski definition) is 6. The molecule has 2 aromatic heterocycles. The number of nitrogens with zero attached hydrogens (tertiary/aromatic N) is 4. The normalized spacial score (nSPS) is 23.4. The topological polar surface area (TPSA) is 76.7 Å². The molecule has 0 aromatic carbocycles. The fourth-order valence-corrected chi connectivity index (χ4v) is 2.56. The molecule has 1 N–H and O–H groups in total. The van der Waals surface area contributed by atoms with Crippen LogP contribution >= 0.6 is 0 Å². The van der Waals surface area contributed by atoms with Gasteiger partial charge >= 0.3 is 0 Å². The van der Waals surface area contributed by atoms with Gasteiger partial charge in [0.05, 0.1) is 0 Å². The van der Waals surface area contributed by atoms with Crippen LogP contribution in [0.2, 0.25) is 0 Å². The SMILES string of the molecule is CNC1CCC(c2nc(-c3ccncn3)no2)CC1. The first-order chi connectivity index (χ1) is 9.36. The van der Waals surface area contributed by atoms with E-state index in [-0.39, 0.29) is 0 Å². The third-order valence-electron chi connectivity index (χ3n) is 3.74. The van der Waals surface area contributed by atoms with Crippen LogP contribution < -0.4 is 5.32 Å². The van der Waals surface area contributed by atoms with Crippen molar-refractivity contribution in [1.29, 1.82) is 0 Å². The van der Waals surface area contributed by atoms with Crippen LogP contribution in [0.1, 0.15) is 37.5 Å². The molecule has 1 fully saturated rings. The molecule has 6 heteroatoms. The van der Waals surface area contributed by atoms with E-state index < -0.39 is 0 Å².